The van der Waals surface area contributed by atoms with Crippen LogP contribution in [0.5, 0.6) is 0 Å². The highest BCUT2D eigenvalue weighted by molar-refractivity contribution is 7.09. The Kier molecular flexibility index (Phi) is 3.82. The summed E-state index contributed by atoms with van der Waals surface area (Å²) in [4.78, 5) is 23.1. The lowest BCUT2D eigenvalue weighted by Gasteiger charge is -2.07. The lowest BCUT2D eigenvalue weighted by molar-refractivity contribution is -0.383. The molecule has 4 N–H and O–H groups in total. The van der Waals surface area contributed by atoms with Gasteiger partial charge in [0.1, 0.15) is 6.33 Å². The van der Waals surface area contributed by atoms with Gasteiger partial charge in [-0.2, -0.15) is 0 Å². The number of rotatable bonds is 5. The molecule has 2 heterocycles. The third-order valence-electron chi connectivity index (χ3n) is 2.40. The number of aromatic nitrogens is 3. The van der Waals surface area contributed by atoms with E-state index in [-0.39, 0.29) is 17.3 Å². The van der Waals surface area contributed by atoms with Crippen LogP contribution in [0.3, 0.4) is 0 Å². The number of nitrogen functional groups attached to an aromatic ring is 1. The van der Waals surface area contributed by atoms with Crippen LogP contribution in [0.15, 0.2) is 11.8 Å². The first kappa shape index (κ1) is 13.1. The van der Waals surface area contributed by atoms with Crippen molar-refractivity contribution in [2.45, 2.75) is 13.5 Å². The van der Waals surface area contributed by atoms with E-state index in [9.17, 15) is 10.1 Å². The van der Waals surface area contributed by atoms with E-state index in [2.05, 4.69) is 25.7 Å². The Bertz CT molecular complexity index is 600. The Morgan fingerprint density at radius 2 is 2.16 bits per heavy atom. The summed E-state index contributed by atoms with van der Waals surface area (Å²) in [6.07, 6.45) is 1.20. The highest BCUT2D eigenvalue weighted by Gasteiger charge is 2.22. The van der Waals surface area contributed by atoms with Crippen molar-refractivity contribution in [3.8, 4) is 0 Å². The van der Waals surface area contributed by atoms with Crippen LogP contribution in [0, 0.1) is 17.0 Å². The number of nitrogens with zero attached hydrogens (tertiary/aromatic N) is 4. The molecule has 0 aliphatic carbocycles. The summed E-state index contributed by atoms with van der Waals surface area (Å²) in [6, 6.07) is 0. The molecule has 0 radical (unpaired) electrons. The van der Waals surface area contributed by atoms with Gasteiger partial charge >= 0.3 is 5.69 Å². The number of thiazole rings is 1. The van der Waals surface area contributed by atoms with Gasteiger partial charge in [-0.05, 0) is 6.92 Å². The quantitative estimate of drug-likeness (QED) is 0.421. The van der Waals surface area contributed by atoms with E-state index in [0.29, 0.717) is 6.54 Å². The van der Waals surface area contributed by atoms with Crippen LogP contribution >= 0.6 is 11.3 Å². The molecule has 2 aromatic heterocycles. The molecule has 0 aliphatic rings. The Hall–Kier alpha value is -2.33. The van der Waals surface area contributed by atoms with Gasteiger partial charge in [-0.3, -0.25) is 10.1 Å². The maximum Gasteiger partial charge on any atom is 0.354 e. The third-order valence-corrected chi connectivity index (χ3v) is 3.34. The molecule has 0 fully saturated rings. The van der Waals surface area contributed by atoms with Gasteiger partial charge in [0, 0.05) is 4.88 Å². The maximum atomic E-state index is 11.0. The van der Waals surface area contributed by atoms with Gasteiger partial charge in [0.25, 0.3) is 0 Å². The van der Waals surface area contributed by atoms with Crippen LogP contribution in [0.2, 0.25) is 0 Å². The maximum absolute atomic E-state index is 11.0. The molecule has 0 spiro atoms. The standard InChI is InChI=1S/C9H11N7O2S/c1-5-6(19-4-14-5)2-11-8-7(16(17)18)9(15-10)13-3-12-8/h3-4H,2,10H2,1H3,(H2,11,12,13,15). The molecular formula is C9H11N7O2S. The minimum Gasteiger partial charge on any atom is -0.359 e. The van der Waals surface area contributed by atoms with Gasteiger partial charge in [-0.15, -0.1) is 11.3 Å². The number of anilines is 2. The van der Waals surface area contributed by atoms with Crippen molar-refractivity contribution < 1.29 is 4.92 Å². The van der Waals surface area contributed by atoms with Gasteiger partial charge in [0.05, 0.1) is 22.7 Å². The van der Waals surface area contributed by atoms with E-state index in [1.54, 1.807) is 5.51 Å². The Morgan fingerprint density at radius 3 is 2.74 bits per heavy atom. The Labute approximate surface area is 112 Å². The second-order valence-electron chi connectivity index (χ2n) is 3.54. The molecule has 19 heavy (non-hydrogen) atoms. The minimum absolute atomic E-state index is 0.0384. The Morgan fingerprint density at radius 1 is 1.42 bits per heavy atom. The van der Waals surface area contributed by atoms with E-state index in [1.165, 1.54) is 17.7 Å². The molecule has 0 aliphatic heterocycles. The first-order chi connectivity index (χ1) is 9.13. The molecule has 9 nitrogen and oxygen atoms in total. The fraction of sp³-hybridized carbons (Fsp3) is 0.222. The molecule has 0 saturated carbocycles. The van der Waals surface area contributed by atoms with Crippen LogP contribution in [-0.4, -0.2) is 19.9 Å². The largest absolute Gasteiger partial charge is 0.359 e. The van der Waals surface area contributed by atoms with Crippen molar-refractivity contribution in [1.82, 2.24) is 15.0 Å². The zero-order chi connectivity index (χ0) is 13.8. The number of nitrogens with two attached hydrogens (primary N) is 1. The molecule has 2 rings (SSSR count). The smallest absolute Gasteiger partial charge is 0.354 e. The number of aryl methyl sites for hydroxylation is 1. The highest BCUT2D eigenvalue weighted by atomic mass is 32.1. The topological polar surface area (TPSA) is 132 Å². The summed E-state index contributed by atoms with van der Waals surface area (Å²) in [5.74, 6) is 5.27. The van der Waals surface area contributed by atoms with Crippen LogP contribution in [0.1, 0.15) is 10.6 Å². The third kappa shape index (κ3) is 2.74. The highest BCUT2D eigenvalue weighted by Crippen LogP contribution is 2.28. The molecule has 0 unspecified atom stereocenters. The number of hydrogen-bond acceptors (Lipinski definition) is 9. The molecule has 0 atom stereocenters. The van der Waals surface area contributed by atoms with Crippen molar-refractivity contribution in [3.63, 3.8) is 0 Å². The molecule has 2 aromatic rings. The predicted molar refractivity (Wildman–Crippen MR) is 70.7 cm³/mol. The summed E-state index contributed by atoms with van der Waals surface area (Å²) in [5.41, 5.74) is 4.49. The average Bonchev–Trinajstić information content (AvgIpc) is 2.81. The molecule has 0 amide bonds. The molecule has 10 heteroatoms. The van der Waals surface area contributed by atoms with Gasteiger partial charge in [0.15, 0.2) is 0 Å². The first-order valence-corrected chi connectivity index (χ1v) is 6.10. The van der Waals surface area contributed by atoms with Crippen molar-refractivity contribution in [1.29, 1.82) is 0 Å². The van der Waals surface area contributed by atoms with Crippen molar-refractivity contribution >= 4 is 28.7 Å². The normalized spacial score (nSPS) is 10.2. The molecule has 0 aromatic carbocycles. The fourth-order valence-electron chi connectivity index (χ4n) is 1.45. The van der Waals surface area contributed by atoms with E-state index in [1.807, 2.05) is 6.92 Å². The van der Waals surface area contributed by atoms with Gasteiger partial charge < -0.3 is 10.7 Å². The number of hydrazine groups is 1. The second kappa shape index (κ2) is 5.54. The number of hydrogen-bond donors (Lipinski definition) is 3. The molecule has 0 bridgehead atoms. The van der Waals surface area contributed by atoms with Crippen molar-refractivity contribution in [2.24, 2.45) is 5.84 Å². The summed E-state index contributed by atoms with van der Waals surface area (Å²) in [5, 5.41) is 13.9. The van der Waals surface area contributed by atoms with Gasteiger partial charge in [-0.25, -0.2) is 20.8 Å². The lowest BCUT2D eigenvalue weighted by Crippen LogP contribution is -2.13. The monoisotopic (exact) mass is 281 g/mol. The van der Waals surface area contributed by atoms with Crippen molar-refractivity contribution in [2.75, 3.05) is 10.7 Å². The zero-order valence-electron chi connectivity index (χ0n) is 9.95. The van der Waals surface area contributed by atoms with Crippen LogP contribution < -0.4 is 16.6 Å². The SMILES string of the molecule is Cc1ncsc1CNc1ncnc(NN)c1[N+](=O)[O-]. The van der Waals surface area contributed by atoms with E-state index < -0.39 is 4.92 Å². The molecule has 100 valence electrons. The van der Waals surface area contributed by atoms with E-state index in [0.717, 1.165) is 10.6 Å². The number of nitrogens with one attached hydrogen (secondary N) is 2. The van der Waals surface area contributed by atoms with Gasteiger partial charge in [0.2, 0.25) is 11.6 Å². The lowest BCUT2D eigenvalue weighted by atomic mass is 10.3. The Balaban J connectivity index is 2.25. The van der Waals surface area contributed by atoms with E-state index in [4.69, 9.17) is 5.84 Å². The number of nitro groups is 1. The van der Waals surface area contributed by atoms with Gasteiger partial charge in [-0.1, -0.05) is 0 Å². The zero-order valence-corrected chi connectivity index (χ0v) is 10.8. The van der Waals surface area contributed by atoms with Crippen LogP contribution in [0.4, 0.5) is 17.3 Å². The molecule has 0 saturated heterocycles. The van der Waals surface area contributed by atoms with Crippen LogP contribution in [-0.2, 0) is 6.54 Å². The first-order valence-electron chi connectivity index (χ1n) is 5.22. The minimum atomic E-state index is -0.586. The van der Waals surface area contributed by atoms with E-state index >= 15 is 0 Å². The summed E-state index contributed by atoms with van der Waals surface area (Å²) < 4.78 is 0. The predicted octanol–water partition coefficient (Wildman–Crippen LogP) is 1.05. The average molecular weight is 281 g/mol. The summed E-state index contributed by atoms with van der Waals surface area (Å²) in [7, 11) is 0. The molecular weight excluding hydrogens is 270 g/mol. The fourth-order valence-corrected chi connectivity index (χ4v) is 2.16. The second-order valence-corrected chi connectivity index (χ2v) is 4.47. The van der Waals surface area contributed by atoms with Crippen LogP contribution in [0.25, 0.3) is 0 Å². The summed E-state index contributed by atoms with van der Waals surface area (Å²) >= 11 is 1.47. The van der Waals surface area contributed by atoms with Crippen molar-refractivity contribution in [3.05, 3.63) is 32.5 Å². The summed E-state index contributed by atoms with van der Waals surface area (Å²) in [6.45, 7) is 2.27.